The van der Waals surface area contributed by atoms with Crippen LogP contribution >= 0.6 is 0 Å². The van der Waals surface area contributed by atoms with E-state index in [1.54, 1.807) is 6.92 Å². The van der Waals surface area contributed by atoms with E-state index in [9.17, 15) is 5.11 Å². The standard InChI is InChI=1S/C16H25NO2/c1-13-12-15(14(2)18)6-7-16(13)19-11-5-10-17-8-3-4-9-17/h6-7,12,14,18H,3-5,8-11H2,1-2H3/t14-/m1/s1. The quantitative estimate of drug-likeness (QED) is 0.801. The monoisotopic (exact) mass is 263 g/mol. The third-order valence-corrected chi connectivity index (χ3v) is 3.76. The van der Waals surface area contributed by atoms with E-state index in [4.69, 9.17) is 4.74 Å². The van der Waals surface area contributed by atoms with Crippen LogP contribution in [0.25, 0.3) is 0 Å². The number of benzene rings is 1. The van der Waals surface area contributed by atoms with Gasteiger partial charge in [-0.2, -0.15) is 0 Å². The van der Waals surface area contributed by atoms with E-state index in [2.05, 4.69) is 4.90 Å². The van der Waals surface area contributed by atoms with Gasteiger partial charge in [0.2, 0.25) is 0 Å². The molecule has 1 aromatic rings. The predicted molar refractivity (Wildman–Crippen MR) is 77.6 cm³/mol. The Bertz CT molecular complexity index is 398. The number of hydrogen-bond acceptors (Lipinski definition) is 3. The van der Waals surface area contributed by atoms with Crippen molar-refractivity contribution in [3.63, 3.8) is 0 Å². The van der Waals surface area contributed by atoms with Crippen LogP contribution in [0.1, 0.15) is 43.4 Å². The first-order valence-corrected chi connectivity index (χ1v) is 7.30. The Morgan fingerprint density at radius 2 is 2.05 bits per heavy atom. The van der Waals surface area contributed by atoms with Crippen LogP contribution in [0.2, 0.25) is 0 Å². The fraction of sp³-hybridized carbons (Fsp3) is 0.625. The first-order valence-electron chi connectivity index (χ1n) is 7.30. The molecule has 0 radical (unpaired) electrons. The summed E-state index contributed by atoms with van der Waals surface area (Å²) in [4.78, 5) is 2.51. The SMILES string of the molecule is Cc1cc([C@@H](C)O)ccc1OCCCN1CCCC1. The van der Waals surface area contributed by atoms with E-state index in [0.717, 1.165) is 36.4 Å². The molecule has 0 spiro atoms. The van der Waals surface area contributed by atoms with Crippen LogP contribution < -0.4 is 4.74 Å². The minimum Gasteiger partial charge on any atom is -0.493 e. The number of aliphatic hydroxyl groups excluding tert-OH is 1. The molecule has 0 aromatic heterocycles. The van der Waals surface area contributed by atoms with Gasteiger partial charge in [-0.15, -0.1) is 0 Å². The molecule has 1 saturated heterocycles. The molecule has 1 aromatic carbocycles. The molecule has 0 amide bonds. The van der Waals surface area contributed by atoms with Crippen LogP contribution in [0.4, 0.5) is 0 Å². The molecule has 2 rings (SSSR count). The van der Waals surface area contributed by atoms with E-state index in [-0.39, 0.29) is 0 Å². The van der Waals surface area contributed by atoms with E-state index < -0.39 is 6.10 Å². The van der Waals surface area contributed by atoms with Gasteiger partial charge in [-0.1, -0.05) is 6.07 Å². The number of likely N-dealkylation sites (tertiary alicyclic amines) is 1. The summed E-state index contributed by atoms with van der Waals surface area (Å²) < 4.78 is 5.82. The van der Waals surface area contributed by atoms with Gasteiger partial charge in [-0.05, 0) is 69.5 Å². The zero-order chi connectivity index (χ0) is 13.7. The predicted octanol–water partition coefficient (Wildman–Crippen LogP) is 2.91. The summed E-state index contributed by atoms with van der Waals surface area (Å²) in [7, 11) is 0. The zero-order valence-electron chi connectivity index (χ0n) is 12.1. The summed E-state index contributed by atoms with van der Waals surface area (Å²) >= 11 is 0. The highest BCUT2D eigenvalue weighted by Crippen LogP contribution is 2.22. The third-order valence-electron chi connectivity index (χ3n) is 3.76. The van der Waals surface area contributed by atoms with Crippen LogP contribution in [0.3, 0.4) is 0 Å². The molecule has 1 fully saturated rings. The average Bonchev–Trinajstić information content (AvgIpc) is 2.89. The van der Waals surface area contributed by atoms with Crippen molar-refractivity contribution in [3.8, 4) is 5.75 Å². The Kier molecular flexibility index (Phi) is 5.23. The van der Waals surface area contributed by atoms with E-state index in [1.807, 2.05) is 25.1 Å². The van der Waals surface area contributed by atoms with Crippen molar-refractivity contribution in [2.75, 3.05) is 26.2 Å². The maximum Gasteiger partial charge on any atom is 0.122 e. The minimum absolute atomic E-state index is 0.414. The van der Waals surface area contributed by atoms with E-state index >= 15 is 0 Å². The third kappa shape index (κ3) is 4.22. The van der Waals surface area contributed by atoms with Gasteiger partial charge in [0.15, 0.2) is 0 Å². The van der Waals surface area contributed by atoms with Crippen molar-refractivity contribution in [1.82, 2.24) is 4.90 Å². The van der Waals surface area contributed by atoms with Gasteiger partial charge in [0.05, 0.1) is 12.7 Å². The molecule has 0 unspecified atom stereocenters. The second kappa shape index (κ2) is 6.92. The Morgan fingerprint density at radius 3 is 2.68 bits per heavy atom. The summed E-state index contributed by atoms with van der Waals surface area (Å²) in [5.41, 5.74) is 2.04. The Balaban J connectivity index is 1.76. The van der Waals surface area contributed by atoms with Gasteiger partial charge in [0.25, 0.3) is 0 Å². The topological polar surface area (TPSA) is 32.7 Å². The van der Waals surface area contributed by atoms with Crippen LogP contribution in [0, 0.1) is 6.92 Å². The smallest absolute Gasteiger partial charge is 0.122 e. The van der Waals surface area contributed by atoms with Gasteiger partial charge in [-0.3, -0.25) is 0 Å². The largest absolute Gasteiger partial charge is 0.493 e. The van der Waals surface area contributed by atoms with Crippen molar-refractivity contribution in [3.05, 3.63) is 29.3 Å². The fourth-order valence-corrected chi connectivity index (χ4v) is 2.57. The molecule has 1 N–H and O–H groups in total. The number of nitrogens with zero attached hydrogens (tertiary/aromatic N) is 1. The first-order chi connectivity index (χ1) is 9.16. The van der Waals surface area contributed by atoms with Crippen LogP contribution in [0.5, 0.6) is 5.75 Å². The van der Waals surface area contributed by atoms with Crippen molar-refractivity contribution < 1.29 is 9.84 Å². The lowest BCUT2D eigenvalue weighted by Crippen LogP contribution is -2.21. The second-order valence-corrected chi connectivity index (χ2v) is 5.45. The second-order valence-electron chi connectivity index (χ2n) is 5.45. The molecule has 3 nitrogen and oxygen atoms in total. The molecule has 106 valence electrons. The Hall–Kier alpha value is -1.06. The number of ether oxygens (including phenoxy) is 1. The lowest BCUT2D eigenvalue weighted by molar-refractivity contribution is 0.199. The van der Waals surface area contributed by atoms with Gasteiger partial charge in [0, 0.05) is 6.54 Å². The van der Waals surface area contributed by atoms with Crippen molar-refractivity contribution in [2.24, 2.45) is 0 Å². The molecule has 0 aliphatic carbocycles. The molecular weight excluding hydrogens is 238 g/mol. The number of rotatable bonds is 6. The van der Waals surface area contributed by atoms with Crippen LogP contribution in [-0.4, -0.2) is 36.2 Å². The molecule has 1 aliphatic rings. The highest BCUT2D eigenvalue weighted by atomic mass is 16.5. The van der Waals surface area contributed by atoms with Gasteiger partial charge in [-0.25, -0.2) is 0 Å². The molecular formula is C16H25NO2. The number of aryl methyl sites for hydroxylation is 1. The molecule has 1 aliphatic heterocycles. The van der Waals surface area contributed by atoms with Gasteiger partial charge >= 0.3 is 0 Å². The summed E-state index contributed by atoms with van der Waals surface area (Å²) in [5, 5.41) is 9.53. The lowest BCUT2D eigenvalue weighted by Gasteiger charge is -2.15. The summed E-state index contributed by atoms with van der Waals surface area (Å²) in [6.07, 6.45) is 3.36. The molecule has 1 atom stereocenters. The zero-order valence-corrected chi connectivity index (χ0v) is 12.1. The summed E-state index contributed by atoms with van der Waals surface area (Å²) in [5.74, 6) is 0.936. The fourth-order valence-electron chi connectivity index (χ4n) is 2.57. The van der Waals surface area contributed by atoms with Crippen LogP contribution in [-0.2, 0) is 0 Å². The maximum absolute atomic E-state index is 9.53. The molecule has 19 heavy (non-hydrogen) atoms. The number of hydrogen-bond donors (Lipinski definition) is 1. The minimum atomic E-state index is -0.414. The normalized spacial score (nSPS) is 17.6. The lowest BCUT2D eigenvalue weighted by atomic mass is 10.1. The van der Waals surface area contributed by atoms with Gasteiger partial charge in [0.1, 0.15) is 5.75 Å². The summed E-state index contributed by atoms with van der Waals surface area (Å²) in [6.45, 7) is 8.23. The van der Waals surface area contributed by atoms with Crippen molar-refractivity contribution >= 4 is 0 Å². The van der Waals surface area contributed by atoms with Crippen molar-refractivity contribution in [1.29, 1.82) is 0 Å². The molecule has 3 heteroatoms. The number of aliphatic hydroxyl groups is 1. The highest BCUT2D eigenvalue weighted by molar-refractivity contribution is 5.36. The van der Waals surface area contributed by atoms with E-state index in [1.165, 1.54) is 25.9 Å². The van der Waals surface area contributed by atoms with Crippen LogP contribution in [0.15, 0.2) is 18.2 Å². The molecule has 0 saturated carbocycles. The van der Waals surface area contributed by atoms with E-state index in [0.29, 0.717) is 0 Å². The first kappa shape index (κ1) is 14.4. The maximum atomic E-state index is 9.53. The van der Waals surface area contributed by atoms with Gasteiger partial charge < -0.3 is 14.7 Å². The summed E-state index contributed by atoms with van der Waals surface area (Å²) in [6, 6.07) is 5.90. The Labute approximate surface area is 116 Å². The average molecular weight is 263 g/mol. The highest BCUT2D eigenvalue weighted by Gasteiger charge is 2.10. The Morgan fingerprint density at radius 1 is 1.32 bits per heavy atom. The molecule has 1 heterocycles. The molecule has 0 bridgehead atoms. The van der Waals surface area contributed by atoms with Crippen molar-refractivity contribution in [2.45, 2.75) is 39.2 Å².